The van der Waals surface area contributed by atoms with Crippen molar-refractivity contribution in [3.8, 4) is 6.07 Å². The van der Waals surface area contributed by atoms with Gasteiger partial charge in [-0.05, 0) is 24.0 Å². The fourth-order valence-corrected chi connectivity index (χ4v) is 4.16. The van der Waals surface area contributed by atoms with Crippen molar-refractivity contribution in [3.63, 3.8) is 0 Å². The van der Waals surface area contributed by atoms with Gasteiger partial charge in [-0.15, -0.1) is 10.2 Å². The van der Waals surface area contributed by atoms with Gasteiger partial charge in [-0.2, -0.15) is 5.26 Å². The van der Waals surface area contributed by atoms with E-state index in [4.69, 9.17) is 11.1 Å². The predicted molar refractivity (Wildman–Crippen MR) is 95.8 cm³/mol. The molecule has 0 atom stereocenters. The molecule has 2 N–H and O–H groups in total. The number of hydrogen-bond donors (Lipinski definition) is 1. The molecule has 5 nitrogen and oxygen atoms in total. The van der Waals surface area contributed by atoms with Gasteiger partial charge in [0.1, 0.15) is 0 Å². The lowest BCUT2D eigenvalue weighted by Crippen LogP contribution is -2.16. The van der Waals surface area contributed by atoms with Crippen LogP contribution >= 0.6 is 11.8 Å². The molecule has 0 aliphatic heterocycles. The molecule has 1 aromatic heterocycles. The Morgan fingerprint density at radius 2 is 2.00 bits per heavy atom. The van der Waals surface area contributed by atoms with Crippen molar-refractivity contribution in [2.45, 2.75) is 55.9 Å². The third-order valence-corrected chi connectivity index (χ3v) is 5.72. The smallest absolute Gasteiger partial charge is 0.210 e. The van der Waals surface area contributed by atoms with E-state index < -0.39 is 0 Å². The van der Waals surface area contributed by atoms with E-state index in [0.29, 0.717) is 16.5 Å². The van der Waals surface area contributed by atoms with Crippen LogP contribution in [0.3, 0.4) is 0 Å². The molecule has 1 aliphatic carbocycles. The van der Waals surface area contributed by atoms with Crippen molar-refractivity contribution in [2.75, 3.05) is 5.84 Å². The highest BCUT2D eigenvalue weighted by molar-refractivity contribution is 7.98. The molecule has 2 aromatic rings. The molecule has 0 spiro atoms. The van der Waals surface area contributed by atoms with Crippen LogP contribution < -0.4 is 5.84 Å². The number of aryl methyl sites for hydroxylation is 1. The molecule has 1 saturated carbocycles. The fourth-order valence-electron chi connectivity index (χ4n) is 3.28. The summed E-state index contributed by atoms with van der Waals surface area (Å²) in [5.74, 6) is 8.50. The maximum atomic E-state index is 9.15. The van der Waals surface area contributed by atoms with Gasteiger partial charge in [0.25, 0.3) is 0 Å². The minimum Gasteiger partial charge on any atom is -0.336 e. The average Bonchev–Trinajstić information content (AvgIpc) is 2.99. The summed E-state index contributed by atoms with van der Waals surface area (Å²) in [5.41, 5.74) is 1.70. The molecule has 1 heterocycles. The Morgan fingerprint density at radius 1 is 1.21 bits per heavy atom. The molecule has 0 bridgehead atoms. The molecule has 6 heteroatoms. The number of aromatic nitrogens is 3. The number of thioether (sulfide) groups is 1. The first-order chi connectivity index (χ1) is 11.8. The molecule has 1 aromatic carbocycles. The lowest BCUT2D eigenvalue weighted by atomic mass is 9.86. The standard InChI is InChI=1S/C18H23N5S/c19-12-15-8-4-5-9-16(15)13-24-18-22-21-17(23(18)20)11-10-14-6-2-1-3-7-14/h4-5,8-9,14H,1-3,6-7,10-11,13,20H2. The monoisotopic (exact) mass is 341 g/mol. The fraction of sp³-hybridized carbons (Fsp3) is 0.500. The summed E-state index contributed by atoms with van der Waals surface area (Å²) in [5, 5.41) is 18.3. The number of rotatable bonds is 6. The van der Waals surface area contributed by atoms with Gasteiger partial charge in [0.05, 0.1) is 11.6 Å². The van der Waals surface area contributed by atoms with Crippen molar-refractivity contribution in [1.29, 1.82) is 5.26 Å². The first-order valence-electron chi connectivity index (χ1n) is 8.58. The highest BCUT2D eigenvalue weighted by atomic mass is 32.2. The van der Waals surface area contributed by atoms with Crippen molar-refractivity contribution < 1.29 is 0 Å². The van der Waals surface area contributed by atoms with Gasteiger partial charge >= 0.3 is 0 Å². The summed E-state index contributed by atoms with van der Waals surface area (Å²) < 4.78 is 1.61. The molecule has 0 amide bonds. The van der Waals surface area contributed by atoms with Crippen LogP contribution in [0.4, 0.5) is 0 Å². The summed E-state index contributed by atoms with van der Waals surface area (Å²) in [4.78, 5) is 0. The summed E-state index contributed by atoms with van der Waals surface area (Å²) in [6.45, 7) is 0. The summed E-state index contributed by atoms with van der Waals surface area (Å²) in [6.07, 6.45) is 8.82. The second kappa shape index (κ2) is 8.20. The van der Waals surface area contributed by atoms with Gasteiger partial charge in [0, 0.05) is 12.2 Å². The van der Waals surface area contributed by atoms with Crippen molar-refractivity contribution >= 4 is 11.8 Å². The first kappa shape index (κ1) is 16.8. The maximum Gasteiger partial charge on any atom is 0.210 e. The lowest BCUT2D eigenvalue weighted by Gasteiger charge is -2.20. The summed E-state index contributed by atoms with van der Waals surface area (Å²) in [7, 11) is 0. The molecule has 1 fully saturated rings. The highest BCUT2D eigenvalue weighted by Crippen LogP contribution is 2.28. The Hall–Kier alpha value is -2.00. The van der Waals surface area contributed by atoms with Crippen LogP contribution in [0.15, 0.2) is 29.4 Å². The second-order valence-electron chi connectivity index (χ2n) is 6.37. The van der Waals surface area contributed by atoms with Gasteiger partial charge in [0.15, 0.2) is 5.82 Å². The minimum atomic E-state index is 0.668. The number of nitrogens with two attached hydrogens (primary N) is 1. The molecule has 126 valence electrons. The molecular formula is C18H23N5S. The zero-order valence-electron chi connectivity index (χ0n) is 13.8. The molecule has 24 heavy (non-hydrogen) atoms. The van der Waals surface area contributed by atoms with Crippen LogP contribution in [0, 0.1) is 17.2 Å². The summed E-state index contributed by atoms with van der Waals surface area (Å²) >= 11 is 1.53. The Balaban J connectivity index is 1.57. The molecule has 0 saturated heterocycles. The van der Waals surface area contributed by atoms with Gasteiger partial charge in [0.2, 0.25) is 5.16 Å². The SMILES string of the molecule is N#Cc1ccccc1CSc1nnc(CCC2CCCCC2)n1N. The highest BCUT2D eigenvalue weighted by Gasteiger charge is 2.16. The largest absolute Gasteiger partial charge is 0.336 e. The van der Waals surface area contributed by atoms with E-state index in [-0.39, 0.29) is 0 Å². The van der Waals surface area contributed by atoms with Crippen molar-refractivity contribution in [2.24, 2.45) is 5.92 Å². The topological polar surface area (TPSA) is 80.5 Å². The third-order valence-electron chi connectivity index (χ3n) is 4.73. The van der Waals surface area contributed by atoms with Gasteiger partial charge in [-0.25, -0.2) is 4.68 Å². The van der Waals surface area contributed by atoms with E-state index in [1.807, 2.05) is 24.3 Å². The number of nitrogen functional groups attached to an aromatic ring is 1. The van der Waals surface area contributed by atoms with Crippen LogP contribution in [0.1, 0.15) is 55.5 Å². The van der Waals surface area contributed by atoms with E-state index in [0.717, 1.165) is 30.1 Å². The van der Waals surface area contributed by atoms with Gasteiger partial charge in [-0.3, -0.25) is 0 Å². The minimum absolute atomic E-state index is 0.668. The Bertz CT molecular complexity index is 712. The van der Waals surface area contributed by atoms with Crippen molar-refractivity contribution in [3.05, 3.63) is 41.2 Å². The van der Waals surface area contributed by atoms with Crippen LogP contribution in [0.25, 0.3) is 0 Å². The molecule has 3 rings (SSSR count). The Morgan fingerprint density at radius 3 is 2.79 bits per heavy atom. The predicted octanol–water partition coefficient (Wildman–Crippen LogP) is 3.67. The van der Waals surface area contributed by atoms with E-state index in [1.165, 1.54) is 43.9 Å². The maximum absolute atomic E-state index is 9.15. The van der Waals surface area contributed by atoms with E-state index in [1.54, 1.807) is 4.68 Å². The van der Waals surface area contributed by atoms with Crippen LogP contribution in [0.5, 0.6) is 0 Å². The van der Waals surface area contributed by atoms with Crippen LogP contribution in [-0.2, 0) is 12.2 Å². The van der Waals surface area contributed by atoms with E-state index >= 15 is 0 Å². The number of hydrogen-bond acceptors (Lipinski definition) is 5. The van der Waals surface area contributed by atoms with Crippen LogP contribution in [-0.4, -0.2) is 14.9 Å². The van der Waals surface area contributed by atoms with E-state index in [2.05, 4.69) is 16.3 Å². The zero-order chi connectivity index (χ0) is 16.8. The van der Waals surface area contributed by atoms with Gasteiger partial charge < -0.3 is 5.84 Å². The molecular weight excluding hydrogens is 318 g/mol. The average molecular weight is 341 g/mol. The quantitative estimate of drug-likeness (QED) is 0.640. The number of nitrogens with zero attached hydrogens (tertiary/aromatic N) is 4. The molecule has 1 aliphatic rings. The Labute approximate surface area is 147 Å². The normalized spacial score (nSPS) is 15.3. The lowest BCUT2D eigenvalue weighted by molar-refractivity contribution is 0.336. The van der Waals surface area contributed by atoms with Gasteiger partial charge in [-0.1, -0.05) is 62.1 Å². The molecule has 0 radical (unpaired) electrons. The third kappa shape index (κ3) is 4.09. The first-order valence-corrected chi connectivity index (χ1v) is 9.56. The Kier molecular flexibility index (Phi) is 5.76. The number of benzene rings is 1. The van der Waals surface area contributed by atoms with Crippen molar-refractivity contribution in [1.82, 2.24) is 14.9 Å². The van der Waals surface area contributed by atoms with Crippen LogP contribution in [0.2, 0.25) is 0 Å². The molecule has 0 unspecified atom stereocenters. The van der Waals surface area contributed by atoms with E-state index in [9.17, 15) is 0 Å². The second-order valence-corrected chi connectivity index (χ2v) is 7.31. The number of nitriles is 1. The summed E-state index contributed by atoms with van der Waals surface area (Å²) in [6, 6.07) is 9.84. The zero-order valence-corrected chi connectivity index (χ0v) is 14.6.